The summed E-state index contributed by atoms with van der Waals surface area (Å²) in [5.74, 6) is 0.314. The van der Waals surface area contributed by atoms with Crippen LogP contribution in [0.2, 0.25) is 0 Å². The largest absolute Gasteiger partial charge is 0.494 e. The molecule has 2 heterocycles. The Labute approximate surface area is 196 Å². The number of amidine groups is 1. The van der Waals surface area contributed by atoms with Crippen LogP contribution in [0.25, 0.3) is 0 Å². The minimum atomic E-state index is -0.531. The lowest BCUT2D eigenvalue weighted by atomic mass is 10.2. The van der Waals surface area contributed by atoms with Crippen molar-refractivity contribution in [2.45, 2.75) is 51.2 Å². The number of hydrogen-bond donors (Lipinski definition) is 2. The molecule has 1 aliphatic heterocycles. The molecule has 0 saturated carbocycles. The molecule has 0 spiro atoms. The predicted molar refractivity (Wildman–Crippen MR) is 133 cm³/mol. The summed E-state index contributed by atoms with van der Waals surface area (Å²) in [6.45, 7) is 4.74. The summed E-state index contributed by atoms with van der Waals surface area (Å²) in [5, 5.41) is 15.7. The number of unbranched alkanes of at least 4 members (excludes halogenated alkanes) is 3. The molecule has 1 saturated heterocycles. The molecule has 9 heteroatoms. The second kappa shape index (κ2) is 12.4. The third-order valence-electron chi connectivity index (χ3n) is 4.72. The Morgan fingerprint density at radius 3 is 2.72 bits per heavy atom. The van der Waals surface area contributed by atoms with Crippen LogP contribution in [-0.4, -0.2) is 34.6 Å². The zero-order chi connectivity index (χ0) is 22.8. The third-order valence-corrected chi connectivity index (χ3v) is 6.77. The van der Waals surface area contributed by atoms with Gasteiger partial charge in [-0.1, -0.05) is 44.0 Å². The molecule has 1 fully saturated rings. The average molecular weight is 473 g/mol. The molecule has 0 bridgehead atoms. The number of carbonyl (C=O) groups excluding carboxylic acids is 2. The van der Waals surface area contributed by atoms with Gasteiger partial charge in [0.1, 0.15) is 11.0 Å². The topological polar surface area (TPSA) is 92.2 Å². The fraction of sp³-hybridized carbons (Fsp3) is 0.391. The normalized spacial score (nSPS) is 17.4. The van der Waals surface area contributed by atoms with Gasteiger partial charge in [-0.3, -0.25) is 9.59 Å². The first-order valence-corrected chi connectivity index (χ1v) is 12.5. The van der Waals surface area contributed by atoms with Crippen LogP contribution in [0.1, 0.15) is 50.8 Å². The Kier molecular flexibility index (Phi) is 9.30. The van der Waals surface area contributed by atoms with E-state index in [2.05, 4.69) is 27.8 Å². The summed E-state index contributed by atoms with van der Waals surface area (Å²) in [6.07, 6.45) is 4.69. The fourth-order valence-corrected chi connectivity index (χ4v) is 4.56. The fourth-order valence-electron chi connectivity index (χ4n) is 2.97. The third kappa shape index (κ3) is 7.49. The summed E-state index contributed by atoms with van der Waals surface area (Å²) >= 11 is 2.79. The highest BCUT2D eigenvalue weighted by atomic mass is 32.2. The Balaban J connectivity index is 1.45. The summed E-state index contributed by atoms with van der Waals surface area (Å²) in [7, 11) is 0. The minimum absolute atomic E-state index is 0.0544. The van der Waals surface area contributed by atoms with Crippen LogP contribution in [0.15, 0.2) is 52.0 Å². The predicted octanol–water partition coefficient (Wildman–Crippen LogP) is 5.05. The second-order valence-electron chi connectivity index (χ2n) is 7.35. The lowest BCUT2D eigenvalue weighted by Gasteiger charge is -2.09. The zero-order valence-electron chi connectivity index (χ0n) is 18.3. The van der Waals surface area contributed by atoms with Crippen molar-refractivity contribution in [1.82, 2.24) is 5.32 Å². The summed E-state index contributed by atoms with van der Waals surface area (Å²) in [5.41, 5.74) is 1.44. The van der Waals surface area contributed by atoms with Crippen molar-refractivity contribution in [1.29, 1.82) is 0 Å². The average Bonchev–Trinajstić information content (AvgIpc) is 3.43. The van der Waals surface area contributed by atoms with Gasteiger partial charge in [0.15, 0.2) is 5.17 Å². The van der Waals surface area contributed by atoms with Crippen LogP contribution in [0.3, 0.4) is 0 Å². The number of carbonyl (C=O) groups is 2. The van der Waals surface area contributed by atoms with Crippen molar-refractivity contribution in [3.8, 4) is 5.75 Å². The van der Waals surface area contributed by atoms with Crippen LogP contribution < -0.4 is 15.4 Å². The van der Waals surface area contributed by atoms with Crippen molar-refractivity contribution >= 4 is 51.5 Å². The highest BCUT2D eigenvalue weighted by Crippen LogP contribution is 2.24. The molecule has 1 aromatic carbocycles. The number of thioether (sulfide) groups is 1. The second-order valence-corrected chi connectivity index (χ2v) is 9.49. The van der Waals surface area contributed by atoms with E-state index in [1.807, 2.05) is 36.6 Å². The van der Waals surface area contributed by atoms with Gasteiger partial charge in [0.05, 0.1) is 17.2 Å². The van der Waals surface area contributed by atoms with E-state index in [1.54, 1.807) is 23.5 Å². The SMILES string of the molecule is CCCCCCOc1ccc(NC(=O)CC2S/C(=N/N=C(\C)c3cccs3)NC2=O)cc1. The first kappa shape index (κ1) is 24.0. The molecule has 1 unspecified atom stereocenters. The van der Waals surface area contributed by atoms with Crippen molar-refractivity contribution in [2.75, 3.05) is 11.9 Å². The number of ether oxygens (including phenoxy) is 1. The molecule has 1 aliphatic rings. The van der Waals surface area contributed by atoms with Gasteiger partial charge in [-0.2, -0.15) is 5.10 Å². The van der Waals surface area contributed by atoms with Gasteiger partial charge in [0.25, 0.3) is 0 Å². The molecular formula is C23H28N4O3S2. The van der Waals surface area contributed by atoms with E-state index in [4.69, 9.17) is 4.74 Å². The van der Waals surface area contributed by atoms with Crippen LogP contribution in [0.4, 0.5) is 5.69 Å². The molecule has 32 heavy (non-hydrogen) atoms. The quantitative estimate of drug-likeness (QED) is 0.272. The number of nitrogens with one attached hydrogen (secondary N) is 2. The monoisotopic (exact) mass is 472 g/mol. The van der Waals surface area contributed by atoms with Crippen molar-refractivity contribution in [3.05, 3.63) is 46.7 Å². The first-order chi connectivity index (χ1) is 15.5. The maximum absolute atomic E-state index is 12.4. The molecule has 2 aromatic rings. The molecule has 0 radical (unpaired) electrons. The van der Waals surface area contributed by atoms with E-state index >= 15 is 0 Å². The van der Waals surface area contributed by atoms with Gasteiger partial charge >= 0.3 is 0 Å². The Hall–Kier alpha value is -2.65. The van der Waals surface area contributed by atoms with Gasteiger partial charge in [-0.15, -0.1) is 16.4 Å². The number of nitrogens with zero attached hydrogens (tertiary/aromatic N) is 2. The highest BCUT2D eigenvalue weighted by molar-refractivity contribution is 8.15. The molecule has 170 valence electrons. The molecular weight excluding hydrogens is 444 g/mol. The van der Waals surface area contributed by atoms with Crippen molar-refractivity contribution in [3.63, 3.8) is 0 Å². The number of anilines is 1. The van der Waals surface area contributed by atoms with Gasteiger partial charge < -0.3 is 15.4 Å². The Morgan fingerprint density at radius 1 is 1.19 bits per heavy atom. The van der Waals surface area contributed by atoms with Crippen LogP contribution in [0.5, 0.6) is 5.75 Å². The smallest absolute Gasteiger partial charge is 0.240 e. The molecule has 7 nitrogen and oxygen atoms in total. The number of amides is 2. The van der Waals surface area contributed by atoms with E-state index in [1.165, 1.54) is 31.0 Å². The van der Waals surface area contributed by atoms with Crippen LogP contribution >= 0.6 is 23.1 Å². The minimum Gasteiger partial charge on any atom is -0.494 e. The summed E-state index contributed by atoms with van der Waals surface area (Å²) in [6, 6.07) is 11.2. The van der Waals surface area contributed by atoms with Crippen LogP contribution in [-0.2, 0) is 9.59 Å². The molecule has 0 aliphatic carbocycles. The van der Waals surface area contributed by atoms with E-state index in [0.29, 0.717) is 17.5 Å². The molecule has 3 rings (SSSR count). The summed E-state index contributed by atoms with van der Waals surface area (Å²) < 4.78 is 5.72. The maximum Gasteiger partial charge on any atom is 0.240 e. The Morgan fingerprint density at radius 2 is 2.00 bits per heavy atom. The maximum atomic E-state index is 12.4. The van der Waals surface area contributed by atoms with E-state index < -0.39 is 5.25 Å². The van der Waals surface area contributed by atoms with Crippen molar-refractivity contribution < 1.29 is 14.3 Å². The van der Waals surface area contributed by atoms with Gasteiger partial charge in [-0.25, -0.2) is 0 Å². The lowest BCUT2D eigenvalue weighted by Crippen LogP contribution is -2.28. The van der Waals surface area contributed by atoms with Crippen molar-refractivity contribution in [2.24, 2.45) is 10.2 Å². The molecule has 2 amide bonds. The Bertz CT molecular complexity index is 956. The highest BCUT2D eigenvalue weighted by Gasteiger charge is 2.32. The van der Waals surface area contributed by atoms with Gasteiger partial charge in [0.2, 0.25) is 11.8 Å². The standard InChI is InChI=1S/C23H28N4O3S2/c1-3-4-5-6-13-30-18-11-9-17(10-12-18)24-21(28)15-20-22(29)25-23(32-20)27-26-16(2)19-8-7-14-31-19/h7-12,14,20H,3-6,13,15H2,1-2H3,(H,24,28)(H,25,27,29)/b26-16+. The number of rotatable bonds is 11. The van der Waals surface area contributed by atoms with Gasteiger partial charge in [-0.05, 0) is 49.1 Å². The van der Waals surface area contributed by atoms with Gasteiger partial charge in [0, 0.05) is 12.1 Å². The van der Waals surface area contributed by atoms with E-state index in [0.717, 1.165) is 22.8 Å². The number of hydrogen-bond acceptors (Lipinski definition) is 7. The van der Waals surface area contributed by atoms with Crippen LogP contribution in [0, 0.1) is 0 Å². The number of thiophene rings is 1. The summed E-state index contributed by atoms with van der Waals surface area (Å²) in [4.78, 5) is 25.6. The molecule has 1 aromatic heterocycles. The van der Waals surface area contributed by atoms with E-state index in [-0.39, 0.29) is 18.2 Å². The number of benzene rings is 1. The van der Waals surface area contributed by atoms with E-state index in [9.17, 15) is 9.59 Å². The molecule has 2 N–H and O–H groups in total. The zero-order valence-corrected chi connectivity index (χ0v) is 19.9. The first-order valence-electron chi connectivity index (χ1n) is 10.7. The lowest BCUT2D eigenvalue weighted by molar-refractivity contribution is -0.122. The molecule has 1 atom stereocenters.